The van der Waals surface area contributed by atoms with Crippen LogP contribution >= 0.6 is 0 Å². The molecule has 0 aliphatic carbocycles. The van der Waals surface area contributed by atoms with Crippen LogP contribution in [-0.2, 0) is 0 Å². The number of piperidine rings is 1. The second-order valence-corrected chi connectivity index (χ2v) is 7.63. The number of likely N-dealkylation sites (tertiary alicyclic amines) is 1. The van der Waals surface area contributed by atoms with Crippen LogP contribution in [0.1, 0.15) is 37.3 Å². The number of benzene rings is 1. The third-order valence-electron chi connectivity index (χ3n) is 5.69. The third-order valence-corrected chi connectivity index (χ3v) is 5.69. The number of anilines is 1. The zero-order valence-electron chi connectivity index (χ0n) is 15.5. The highest BCUT2D eigenvalue weighted by molar-refractivity contribution is 6.14. The smallest absolute Gasteiger partial charge is 0.201 e. The van der Waals surface area contributed by atoms with E-state index in [1.807, 2.05) is 0 Å². The summed E-state index contributed by atoms with van der Waals surface area (Å²) in [6, 6.07) is 6.88. The number of fused-ring (bicyclic) bond motifs is 1. The van der Waals surface area contributed by atoms with Crippen molar-refractivity contribution in [1.82, 2.24) is 9.47 Å². The number of aliphatic imine (C=N–C) groups is 1. The maximum atomic E-state index is 11.2. The van der Waals surface area contributed by atoms with Gasteiger partial charge in [0.1, 0.15) is 0 Å². The molecule has 2 aromatic rings. The molecule has 1 N–H and O–H groups in total. The summed E-state index contributed by atoms with van der Waals surface area (Å²) in [6.07, 6.45) is 4.21. The Kier molecular flexibility index (Phi) is 4.20. The largest absolute Gasteiger partial charge is 0.494 e. The quantitative estimate of drug-likeness (QED) is 0.933. The normalized spacial score (nSPS) is 19.6. The summed E-state index contributed by atoms with van der Waals surface area (Å²) in [5.41, 5.74) is 4.34. The van der Waals surface area contributed by atoms with E-state index in [-0.39, 0.29) is 0 Å². The van der Waals surface area contributed by atoms with Crippen LogP contribution in [0.2, 0.25) is 0 Å². The molecule has 0 atom stereocenters. The lowest BCUT2D eigenvalue weighted by atomic mass is 10.0. The van der Waals surface area contributed by atoms with Crippen molar-refractivity contribution in [1.29, 1.82) is 0 Å². The summed E-state index contributed by atoms with van der Waals surface area (Å²) in [5.74, 6) is 0.418. The summed E-state index contributed by atoms with van der Waals surface area (Å²) >= 11 is 0. The van der Waals surface area contributed by atoms with Crippen LogP contribution in [0.5, 0.6) is 5.88 Å². The minimum absolute atomic E-state index is 0.361. The fraction of sp³-hybridized carbons (Fsp3) is 0.550. The molecular weight excluding hydrogens is 312 g/mol. The molecule has 0 spiro atoms. The monoisotopic (exact) mass is 340 g/mol. The van der Waals surface area contributed by atoms with E-state index < -0.39 is 0 Å². The van der Waals surface area contributed by atoms with Crippen molar-refractivity contribution in [2.45, 2.75) is 31.7 Å². The fourth-order valence-corrected chi connectivity index (χ4v) is 4.22. The summed E-state index contributed by atoms with van der Waals surface area (Å²) in [5, 5.41) is 12.3. The maximum Gasteiger partial charge on any atom is 0.201 e. The summed E-state index contributed by atoms with van der Waals surface area (Å²) in [4.78, 5) is 9.16. The highest BCUT2D eigenvalue weighted by Crippen LogP contribution is 2.40. The van der Waals surface area contributed by atoms with Gasteiger partial charge < -0.3 is 19.5 Å². The van der Waals surface area contributed by atoms with E-state index in [4.69, 9.17) is 0 Å². The van der Waals surface area contributed by atoms with Crippen LogP contribution < -0.4 is 4.90 Å². The molecule has 2 aliphatic rings. The summed E-state index contributed by atoms with van der Waals surface area (Å²) in [7, 11) is 6.29. The Morgan fingerprint density at radius 1 is 1.20 bits per heavy atom. The maximum absolute atomic E-state index is 11.2. The minimum Gasteiger partial charge on any atom is -0.494 e. The topological polar surface area (TPSA) is 44.0 Å². The SMILES string of the molecule is CN1CCC(n2c(O)c(C3=NCCC3)c3cc(N(C)C)ccc32)CC1. The molecule has 0 unspecified atom stereocenters. The second kappa shape index (κ2) is 6.37. The molecule has 1 saturated heterocycles. The van der Waals surface area contributed by atoms with Crippen molar-refractivity contribution in [2.75, 3.05) is 45.7 Å². The first kappa shape index (κ1) is 16.5. The first-order valence-corrected chi connectivity index (χ1v) is 9.32. The van der Waals surface area contributed by atoms with Gasteiger partial charge in [0.25, 0.3) is 0 Å². The number of hydrogen-bond donors (Lipinski definition) is 1. The minimum atomic E-state index is 0.361. The summed E-state index contributed by atoms with van der Waals surface area (Å²) < 4.78 is 2.18. The zero-order valence-corrected chi connectivity index (χ0v) is 15.5. The molecule has 1 aromatic carbocycles. The molecule has 5 nitrogen and oxygen atoms in total. The highest BCUT2D eigenvalue weighted by atomic mass is 16.3. The third kappa shape index (κ3) is 2.80. The van der Waals surface area contributed by atoms with Gasteiger partial charge in [0.15, 0.2) is 0 Å². The average Bonchev–Trinajstić information content (AvgIpc) is 3.20. The standard InChI is InChI=1S/C20H28N4O/c1-22(2)15-6-7-18-16(13-15)19(17-5-4-10-21-17)20(25)24(18)14-8-11-23(3)12-9-14/h6-7,13-14,25H,4-5,8-12H2,1-3H3. The number of rotatable bonds is 3. The van der Waals surface area contributed by atoms with Crippen molar-refractivity contribution in [3.63, 3.8) is 0 Å². The van der Waals surface area contributed by atoms with E-state index in [2.05, 4.69) is 58.7 Å². The lowest BCUT2D eigenvalue weighted by molar-refractivity contribution is 0.215. The zero-order chi connectivity index (χ0) is 17.6. The first-order valence-electron chi connectivity index (χ1n) is 9.32. The van der Waals surface area contributed by atoms with Crippen molar-refractivity contribution in [3.05, 3.63) is 23.8 Å². The molecule has 1 fully saturated rings. The lowest BCUT2D eigenvalue weighted by Crippen LogP contribution is -2.31. The Bertz CT molecular complexity index is 813. The van der Waals surface area contributed by atoms with Gasteiger partial charge in [-0.2, -0.15) is 0 Å². The predicted octanol–water partition coefficient (Wildman–Crippen LogP) is 3.26. The van der Waals surface area contributed by atoms with E-state index in [0.717, 1.165) is 73.2 Å². The molecule has 25 heavy (non-hydrogen) atoms. The molecule has 2 aliphatic heterocycles. The van der Waals surface area contributed by atoms with Gasteiger partial charge in [-0.15, -0.1) is 0 Å². The number of nitrogens with zero attached hydrogens (tertiary/aromatic N) is 4. The van der Waals surface area contributed by atoms with Gasteiger partial charge in [0, 0.05) is 43.5 Å². The average molecular weight is 340 g/mol. The van der Waals surface area contributed by atoms with Crippen LogP contribution in [0.15, 0.2) is 23.2 Å². The molecule has 0 bridgehead atoms. The Labute approximate surface area is 149 Å². The van der Waals surface area contributed by atoms with Crippen LogP contribution in [0, 0.1) is 0 Å². The molecule has 134 valence electrons. The van der Waals surface area contributed by atoms with E-state index in [1.165, 1.54) is 0 Å². The lowest BCUT2D eigenvalue weighted by Gasteiger charge is -2.30. The van der Waals surface area contributed by atoms with Crippen LogP contribution in [0.3, 0.4) is 0 Å². The predicted molar refractivity (Wildman–Crippen MR) is 104 cm³/mol. The molecule has 3 heterocycles. The molecular formula is C20H28N4O. The van der Waals surface area contributed by atoms with Gasteiger partial charge in [0.05, 0.1) is 11.1 Å². The van der Waals surface area contributed by atoms with Gasteiger partial charge in [-0.05, 0) is 64.0 Å². The van der Waals surface area contributed by atoms with Gasteiger partial charge >= 0.3 is 0 Å². The second-order valence-electron chi connectivity index (χ2n) is 7.63. The highest BCUT2D eigenvalue weighted by Gasteiger charge is 2.28. The van der Waals surface area contributed by atoms with Crippen molar-refractivity contribution in [2.24, 2.45) is 4.99 Å². The molecule has 0 amide bonds. The molecule has 0 saturated carbocycles. The summed E-state index contributed by atoms with van der Waals surface area (Å²) in [6.45, 7) is 3.04. The van der Waals surface area contributed by atoms with Crippen molar-refractivity contribution in [3.8, 4) is 5.88 Å². The Morgan fingerprint density at radius 3 is 2.60 bits per heavy atom. The number of hydrogen-bond acceptors (Lipinski definition) is 4. The molecule has 0 radical (unpaired) electrons. The van der Waals surface area contributed by atoms with Gasteiger partial charge in [-0.25, -0.2) is 0 Å². The van der Waals surface area contributed by atoms with E-state index in [0.29, 0.717) is 11.9 Å². The van der Waals surface area contributed by atoms with Crippen LogP contribution in [0.4, 0.5) is 5.69 Å². The van der Waals surface area contributed by atoms with E-state index >= 15 is 0 Å². The van der Waals surface area contributed by atoms with E-state index in [9.17, 15) is 5.11 Å². The van der Waals surface area contributed by atoms with Gasteiger partial charge in [0.2, 0.25) is 5.88 Å². The molecule has 5 heteroatoms. The fourth-order valence-electron chi connectivity index (χ4n) is 4.22. The van der Waals surface area contributed by atoms with Gasteiger partial charge in [-0.3, -0.25) is 4.99 Å². The van der Waals surface area contributed by atoms with Gasteiger partial charge in [-0.1, -0.05) is 0 Å². The molecule has 1 aromatic heterocycles. The number of aromatic hydroxyl groups is 1. The van der Waals surface area contributed by atoms with Crippen molar-refractivity contribution >= 4 is 22.3 Å². The number of aromatic nitrogens is 1. The van der Waals surface area contributed by atoms with Crippen LogP contribution in [-0.4, -0.2) is 61.1 Å². The van der Waals surface area contributed by atoms with Crippen LogP contribution in [0.25, 0.3) is 10.9 Å². The Morgan fingerprint density at radius 2 is 1.96 bits per heavy atom. The van der Waals surface area contributed by atoms with Crippen molar-refractivity contribution < 1.29 is 5.11 Å². The first-order chi connectivity index (χ1) is 12.1. The molecule has 4 rings (SSSR count). The van der Waals surface area contributed by atoms with E-state index in [1.54, 1.807) is 0 Å². The Balaban J connectivity index is 1.89. The Hall–Kier alpha value is -2.01.